The predicted octanol–water partition coefficient (Wildman–Crippen LogP) is 0.609. The number of nitrogens with two attached hydrogens (primary N) is 1. The zero-order chi connectivity index (χ0) is 9.68. The molecule has 1 rings (SSSR count). The molecule has 0 saturated heterocycles. The van der Waals surface area contributed by atoms with Crippen molar-refractivity contribution >= 4 is 5.97 Å². The summed E-state index contributed by atoms with van der Waals surface area (Å²) in [6, 6.07) is 6.81. The van der Waals surface area contributed by atoms with Crippen LogP contribution in [0.25, 0.3) is 0 Å². The number of hydrogen-bond donors (Lipinski definition) is 2. The predicted molar refractivity (Wildman–Crippen MR) is 47.5 cm³/mol. The molecule has 0 spiro atoms. The van der Waals surface area contributed by atoms with Gasteiger partial charge in [0.2, 0.25) is 0 Å². The Hall–Kier alpha value is -1.55. The van der Waals surface area contributed by atoms with Gasteiger partial charge in [-0.1, -0.05) is 12.1 Å². The van der Waals surface area contributed by atoms with Gasteiger partial charge < -0.3 is 9.84 Å². The van der Waals surface area contributed by atoms with Crippen LogP contribution in [0.1, 0.15) is 5.56 Å². The van der Waals surface area contributed by atoms with Crippen molar-refractivity contribution < 1.29 is 14.6 Å². The van der Waals surface area contributed by atoms with Gasteiger partial charge in [-0.3, -0.25) is 10.5 Å². The molecule has 4 heteroatoms. The maximum absolute atomic E-state index is 10.3. The van der Waals surface area contributed by atoms with Gasteiger partial charge in [-0.25, -0.2) is 0 Å². The van der Waals surface area contributed by atoms with E-state index >= 15 is 0 Å². The van der Waals surface area contributed by atoms with Crippen LogP contribution in [0.4, 0.5) is 0 Å². The molecular weight excluding hydrogens is 170 g/mol. The second-order valence-corrected chi connectivity index (χ2v) is 2.53. The summed E-state index contributed by atoms with van der Waals surface area (Å²) in [4.78, 5) is 10.3. The summed E-state index contributed by atoms with van der Waals surface area (Å²) < 4.78 is 5.00. The Morgan fingerprint density at radius 1 is 1.38 bits per heavy atom. The Kier molecular flexibility index (Phi) is 3.28. The lowest BCUT2D eigenvalue weighted by molar-refractivity contribution is -0.136. The van der Waals surface area contributed by atoms with E-state index in [-0.39, 0.29) is 13.2 Å². The third-order valence-electron chi connectivity index (χ3n) is 1.53. The van der Waals surface area contributed by atoms with E-state index in [2.05, 4.69) is 0 Å². The molecule has 1 aromatic carbocycles. The third-order valence-corrected chi connectivity index (χ3v) is 1.53. The number of benzene rings is 1. The minimum absolute atomic E-state index is 0.0307. The van der Waals surface area contributed by atoms with Crippen LogP contribution in [0.3, 0.4) is 0 Å². The summed E-state index contributed by atoms with van der Waals surface area (Å²) in [6.07, 6.45) is 0.0307. The van der Waals surface area contributed by atoms with Crippen LogP contribution in [0.5, 0.6) is 5.75 Å². The van der Waals surface area contributed by atoms with Gasteiger partial charge in [0.15, 0.2) is 0 Å². The molecule has 0 fully saturated rings. The first-order valence-electron chi connectivity index (χ1n) is 3.86. The van der Waals surface area contributed by atoms with Gasteiger partial charge in [-0.05, 0) is 17.7 Å². The number of hydrogen-bond acceptors (Lipinski definition) is 3. The van der Waals surface area contributed by atoms with Gasteiger partial charge in [0.25, 0.3) is 0 Å². The molecule has 0 aliphatic heterocycles. The van der Waals surface area contributed by atoms with Gasteiger partial charge in [-0.15, -0.1) is 0 Å². The molecule has 13 heavy (non-hydrogen) atoms. The topological polar surface area (TPSA) is 72.5 Å². The normalized spacial score (nSPS) is 9.62. The molecule has 1 aromatic rings. The zero-order valence-electron chi connectivity index (χ0n) is 7.06. The average molecular weight is 181 g/mol. The zero-order valence-corrected chi connectivity index (χ0v) is 7.06. The average Bonchev–Trinajstić information content (AvgIpc) is 2.08. The summed E-state index contributed by atoms with van der Waals surface area (Å²) in [5.41, 5.74) is 5.91. The summed E-state index contributed by atoms with van der Waals surface area (Å²) in [7, 11) is 0. The number of rotatable bonds is 4. The van der Waals surface area contributed by atoms with E-state index in [1.807, 2.05) is 0 Å². The highest BCUT2D eigenvalue weighted by Gasteiger charge is 1.99. The van der Waals surface area contributed by atoms with Crippen LogP contribution in [-0.4, -0.2) is 17.8 Å². The number of carbonyl (C=O) groups is 1. The molecule has 0 bridgehead atoms. The monoisotopic (exact) mass is 181 g/mol. The minimum atomic E-state index is -0.840. The van der Waals surface area contributed by atoms with Crippen molar-refractivity contribution in [3.05, 3.63) is 29.8 Å². The third kappa shape index (κ3) is 3.13. The Balaban J connectivity index is 2.64. The van der Waals surface area contributed by atoms with E-state index in [9.17, 15) is 4.79 Å². The Morgan fingerprint density at radius 2 is 2.00 bits per heavy atom. The van der Waals surface area contributed by atoms with Crippen LogP contribution in [-0.2, 0) is 11.2 Å². The molecule has 0 unspecified atom stereocenters. The lowest BCUT2D eigenvalue weighted by Crippen LogP contribution is -2.07. The fourth-order valence-electron chi connectivity index (χ4n) is 0.974. The van der Waals surface area contributed by atoms with Crippen LogP contribution < -0.4 is 10.5 Å². The van der Waals surface area contributed by atoms with E-state index < -0.39 is 5.97 Å². The molecule has 0 heterocycles. The fourth-order valence-corrected chi connectivity index (χ4v) is 0.974. The lowest BCUT2D eigenvalue weighted by atomic mass is 10.1. The Labute approximate surface area is 75.9 Å². The SMILES string of the molecule is NCOc1ccc(CC(=O)O)cc1. The quantitative estimate of drug-likeness (QED) is 0.667. The van der Waals surface area contributed by atoms with E-state index in [4.69, 9.17) is 15.6 Å². The van der Waals surface area contributed by atoms with Gasteiger partial charge in [0.1, 0.15) is 12.5 Å². The largest absolute Gasteiger partial charge is 0.481 e. The van der Waals surface area contributed by atoms with E-state index in [0.29, 0.717) is 5.75 Å². The van der Waals surface area contributed by atoms with Gasteiger partial charge in [0.05, 0.1) is 6.42 Å². The molecule has 0 aliphatic rings. The Bertz CT molecular complexity index is 281. The van der Waals surface area contributed by atoms with Crippen molar-refractivity contribution in [3.63, 3.8) is 0 Å². The van der Waals surface area contributed by atoms with Crippen LogP contribution in [0, 0.1) is 0 Å². The van der Waals surface area contributed by atoms with Gasteiger partial charge >= 0.3 is 5.97 Å². The highest BCUT2D eigenvalue weighted by molar-refractivity contribution is 5.70. The van der Waals surface area contributed by atoms with Crippen molar-refractivity contribution in [1.82, 2.24) is 0 Å². The molecule has 3 N–H and O–H groups in total. The molecule has 0 amide bonds. The number of aliphatic carboxylic acids is 1. The van der Waals surface area contributed by atoms with Crippen LogP contribution in [0.15, 0.2) is 24.3 Å². The maximum atomic E-state index is 10.3. The molecule has 70 valence electrons. The van der Waals surface area contributed by atoms with Crippen molar-refractivity contribution in [2.75, 3.05) is 6.73 Å². The van der Waals surface area contributed by atoms with E-state index in [0.717, 1.165) is 5.56 Å². The number of carboxylic acids is 1. The first kappa shape index (κ1) is 9.54. The Morgan fingerprint density at radius 3 is 2.46 bits per heavy atom. The second kappa shape index (κ2) is 4.47. The standard InChI is InChI=1S/C9H11NO3/c10-6-13-8-3-1-7(2-4-8)5-9(11)12/h1-4H,5-6,10H2,(H,11,12). The van der Waals surface area contributed by atoms with Crippen LogP contribution >= 0.6 is 0 Å². The molecule has 4 nitrogen and oxygen atoms in total. The first-order valence-corrected chi connectivity index (χ1v) is 3.86. The number of ether oxygens (including phenoxy) is 1. The first-order chi connectivity index (χ1) is 6.22. The molecular formula is C9H11NO3. The molecule has 0 saturated carbocycles. The van der Waals surface area contributed by atoms with Crippen molar-refractivity contribution in [2.24, 2.45) is 5.73 Å². The smallest absolute Gasteiger partial charge is 0.307 e. The highest BCUT2D eigenvalue weighted by Crippen LogP contribution is 2.11. The van der Waals surface area contributed by atoms with Crippen molar-refractivity contribution in [1.29, 1.82) is 0 Å². The molecule has 0 atom stereocenters. The van der Waals surface area contributed by atoms with Crippen molar-refractivity contribution in [3.8, 4) is 5.75 Å². The van der Waals surface area contributed by atoms with Gasteiger partial charge in [0, 0.05) is 0 Å². The van der Waals surface area contributed by atoms with Gasteiger partial charge in [-0.2, -0.15) is 0 Å². The summed E-state index contributed by atoms with van der Waals surface area (Å²) in [5.74, 6) is -0.191. The minimum Gasteiger partial charge on any atom is -0.481 e. The lowest BCUT2D eigenvalue weighted by Gasteiger charge is -2.02. The number of carboxylic acid groups (broad SMARTS) is 1. The summed E-state index contributed by atoms with van der Waals surface area (Å²) in [5, 5.41) is 8.49. The second-order valence-electron chi connectivity index (χ2n) is 2.53. The van der Waals surface area contributed by atoms with Crippen molar-refractivity contribution in [2.45, 2.75) is 6.42 Å². The molecule has 0 radical (unpaired) electrons. The summed E-state index contributed by atoms with van der Waals surface area (Å²) >= 11 is 0. The summed E-state index contributed by atoms with van der Waals surface area (Å²) in [6.45, 7) is 0.123. The fraction of sp³-hybridized carbons (Fsp3) is 0.222. The van der Waals surface area contributed by atoms with Crippen LogP contribution in [0.2, 0.25) is 0 Å². The molecule has 0 aromatic heterocycles. The highest BCUT2D eigenvalue weighted by atomic mass is 16.5. The van der Waals surface area contributed by atoms with E-state index in [1.54, 1.807) is 24.3 Å². The maximum Gasteiger partial charge on any atom is 0.307 e. The molecule has 0 aliphatic carbocycles. The van der Waals surface area contributed by atoms with E-state index in [1.165, 1.54) is 0 Å².